The van der Waals surface area contributed by atoms with E-state index in [9.17, 15) is 0 Å². The van der Waals surface area contributed by atoms with Crippen LogP contribution in [0.1, 0.15) is 114 Å². The van der Waals surface area contributed by atoms with Crippen molar-refractivity contribution in [3.05, 3.63) is 47.7 Å². The Morgan fingerprint density at radius 2 is 1.28 bits per heavy atom. The molecule has 174 valence electrons. The SMILES string of the molecule is C/C(O)=C\CO.CC.CC.CCC(C)(C)C.CCC(C)(C)C(C)c1ccccc1. The molecule has 0 aromatic heterocycles. The normalized spacial score (nSPS) is 11.7. The van der Waals surface area contributed by atoms with Crippen molar-refractivity contribution in [1.82, 2.24) is 0 Å². The molecule has 0 aliphatic heterocycles. The van der Waals surface area contributed by atoms with Crippen molar-refractivity contribution in [3.63, 3.8) is 0 Å². The molecule has 0 spiro atoms. The first-order valence-electron chi connectivity index (χ1n) is 11.4. The first-order valence-corrected chi connectivity index (χ1v) is 11.4. The quantitative estimate of drug-likeness (QED) is 0.486. The van der Waals surface area contributed by atoms with Gasteiger partial charge in [-0.3, -0.25) is 0 Å². The lowest BCUT2D eigenvalue weighted by Gasteiger charge is -2.31. The Bertz CT molecular complexity index is 449. The third kappa shape index (κ3) is 24.7. The van der Waals surface area contributed by atoms with Crippen LogP contribution in [0.15, 0.2) is 42.2 Å². The average Bonchev–Trinajstić information content (AvgIpc) is 2.71. The van der Waals surface area contributed by atoms with Gasteiger partial charge in [0.1, 0.15) is 0 Å². The molecule has 1 unspecified atom stereocenters. The molecule has 0 saturated heterocycles. The van der Waals surface area contributed by atoms with Gasteiger partial charge in [0, 0.05) is 0 Å². The lowest BCUT2D eigenvalue weighted by atomic mass is 9.74. The predicted octanol–water partition coefficient (Wildman–Crippen LogP) is 9.16. The van der Waals surface area contributed by atoms with Crippen LogP contribution in [0, 0.1) is 10.8 Å². The minimum atomic E-state index is -0.0810. The molecule has 1 rings (SSSR count). The van der Waals surface area contributed by atoms with Gasteiger partial charge >= 0.3 is 0 Å². The minimum absolute atomic E-state index is 0.0810. The van der Waals surface area contributed by atoms with Crippen LogP contribution in [-0.4, -0.2) is 16.8 Å². The zero-order valence-electron chi connectivity index (χ0n) is 22.1. The van der Waals surface area contributed by atoms with Gasteiger partial charge in [0.05, 0.1) is 12.4 Å². The van der Waals surface area contributed by atoms with E-state index in [4.69, 9.17) is 10.2 Å². The number of hydrogen-bond donors (Lipinski definition) is 2. The van der Waals surface area contributed by atoms with E-state index >= 15 is 0 Å². The van der Waals surface area contributed by atoms with Gasteiger partial charge in [0.15, 0.2) is 0 Å². The molecule has 1 atom stereocenters. The summed E-state index contributed by atoms with van der Waals surface area (Å²) in [5.41, 5.74) is 2.40. The van der Waals surface area contributed by atoms with E-state index in [1.165, 1.54) is 31.4 Å². The third-order valence-electron chi connectivity index (χ3n) is 4.83. The Balaban J connectivity index is -0.000000165. The molecule has 0 fully saturated rings. The fourth-order valence-corrected chi connectivity index (χ4v) is 1.63. The Morgan fingerprint density at radius 1 is 0.897 bits per heavy atom. The fourth-order valence-electron chi connectivity index (χ4n) is 1.63. The van der Waals surface area contributed by atoms with E-state index in [0.29, 0.717) is 16.7 Å². The summed E-state index contributed by atoms with van der Waals surface area (Å²) >= 11 is 0. The molecule has 0 saturated carbocycles. The highest BCUT2D eigenvalue weighted by atomic mass is 16.3. The van der Waals surface area contributed by atoms with Crippen molar-refractivity contribution < 1.29 is 10.2 Å². The zero-order valence-corrected chi connectivity index (χ0v) is 22.1. The van der Waals surface area contributed by atoms with Gasteiger partial charge in [-0.05, 0) is 35.3 Å². The fraction of sp³-hybridized carbons (Fsp3) is 0.704. The highest BCUT2D eigenvalue weighted by molar-refractivity contribution is 5.20. The van der Waals surface area contributed by atoms with Crippen LogP contribution in [0.5, 0.6) is 0 Å². The topological polar surface area (TPSA) is 40.5 Å². The predicted molar refractivity (Wildman–Crippen MR) is 135 cm³/mol. The zero-order chi connectivity index (χ0) is 24.1. The van der Waals surface area contributed by atoms with E-state index < -0.39 is 0 Å². The minimum Gasteiger partial charge on any atom is -0.513 e. The van der Waals surface area contributed by atoms with Crippen LogP contribution in [0.2, 0.25) is 0 Å². The molecule has 0 bridgehead atoms. The van der Waals surface area contributed by atoms with Crippen LogP contribution in [-0.2, 0) is 0 Å². The maximum absolute atomic E-state index is 8.25. The van der Waals surface area contributed by atoms with Gasteiger partial charge in [0.2, 0.25) is 0 Å². The summed E-state index contributed by atoms with van der Waals surface area (Å²) in [5, 5.41) is 16.3. The van der Waals surface area contributed by atoms with E-state index in [1.54, 1.807) is 0 Å². The Hall–Kier alpha value is -1.28. The highest BCUT2D eigenvalue weighted by Crippen LogP contribution is 2.37. The van der Waals surface area contributed by atoms with Crippen LogP contribution in [0.3, 0.4) is 0 Å². The molecule has 2 heteroatoms. The Morgan fingerprint density at radius 3 is 1.48 bits per heavy atom. The van der Waals surface area contributed by atoms with E-state index in [1.807, 2.05) is 27.7 Å². The summed E-state index contributed by atoms with van der Waals surface area (Å²) < 4.78 is 0. The monoisotopic (exact) mass is 410 g/mol. The van der Waals surface area contributed by atoms with Gasteiger partial charge in [0.25, 0.3) is 0 Å². The first kappa shape index (κ1) is 35.2. The lowest BCUT2D eigenvalue weighted by Crippen LogP contribution is -2.18. The largest absolute Gasteiger partial charge is 0.513 e. The molecule has 0 aliphatic carbocycles. The summed E-state index contributed by atoms with van der Waals surface area (Å²) in [6, 6.07) is 10.8. The van der Waals surface area contributed by atoms with Gasteiger partial charge in [-0.25, -0.2) is 0 Å². The summed E-state index contributed by atoms with van der Waals surface area (Å²) in [4.78, 5) is 0. The third-order valence-corrected chi connectivity index (χ3v) is 4.83. The number of benzene rings is 1. The van der Waals surface area contributed by atoms with E-state index in [-0.39, 0.29) is 12.4 Å². The second kappa shape index (κ2) is 21.4. The molecule has 1 aromatic rings. The van der Waals surface area contributed by atoms with Crippen molar-refractivity contribution in [2.45, 2.75) is 109 Å². The molecule has 29 heavy (non-hydrogen) atoms. The van der Waals surface area contributed by atoms with Gasteiger partial charge in [-0.1, -0.05) is 126 Å². The molecule has 0 heterocycles. The second-order valence-corrected chi connectivity index (χ2v) is 8.42. The van der Waals surface area contributed by atoms with Gasteiger partial charge < -0.3 is 10.2 Å². The average molecular weight is 411 g/mol. The Labute approximate surface area is 184 Å². The number of aliphatic hydroxyl groups is 2. The van der Waals surface area contributed by atoms with Crippen molar-refractivity contribution in [1.29, 1.82) is 0 Å². The molecule has 2 nitrogen and oxygen atoms in total. The molecule has 0 radical (unpaired) electrons. The van der Waals surface area contributed by atoms with E-state index in [2.05, 4.69) is 85.7 Å². The molecular weight excluding hydrogens is 356 g/mol. The standard InChI is InChI=1S/C13H20.C6H14.C4H8O2.2C2H6/c1-5-13(3,4)11(2)12-9-7-6-8-10-12;1-5-6(2,3)4;1-4(6)2-3-5;2*1-2/h6-11H,5H2,1-4H3;5H2,1-4H3;2,5-6H,3H2,1H3;2*1-2H3/b;;4-2+;;. The van der Waals surface area contributed by atoms with Crippen molar-refractivity contribution in [2.75, 3.05) is 6.61 Å². The molecule has 2 N–H and O–H groups in total. The number of rotatable bonds is 4. The highest BCUT2D eigenvalue weighted by Gasteiger charge is 2.24. The molecular formula is C27H54O2. The Kier molecular flexibility index (Phi) is 26.0. The summed E-state index contributed by atoms with van der Waals surface area (Å²) in [6.07, 6.45) is 3.82. The first-order chi connectivity index (χ1) is 13.4. The van der Waals surface area contributed by atoms with Crippen LogP contribution in [0.4, 0.5) is 0 Å². The van der Waals surface area contributed by atoms with Gasteiger partial charge in [-0.15, -0.1) is 0 Å². The van der Waals surface area contributed by atoms with Crippen molar-refractivity contribution >= 4 is 0 Å². The molecule has 0 aliphatic rings. The summed E-state index contributed by atoms with van der Waals surface area (Å²) in [6.45, 7) is 27.6. The maximum atomic E-state index is 8.25. The summed E-state index contributed by atoms with van der Waals surface area (Å²) in [7, 11) is 0. The maximum Gasteiger partial charge on any atom is 0.0874 e. The van der Waals surface area contributed by atoms with E-state index in [0.717, 1.165) is 0 Å². The van der Waals surface area contributed by atoms with Crippen molar-refractivity contribution in [2.24, 2.45) is 10.8 Å². The van der Waals surface area contributed by atoms with Gasteiger partial charge in [-0.2, -0.15) is 0 Å². The van der Waals surface area contributed by atoms with Crippen LogP contribution in [0.25, 0.3) is 0 Å². The molecule has 1 aromatic carbocycles. The number of aliphatic hydroxyl groups excluding tert-OH is 2. The summed E-state index contributed by atoms with van der Waals surface area (Å²) in [5.74, 6) is 0.802. The smallest absolute Gasteiger partial charge is 0.0874 e. The second-order valence-electron chi connectivity index (χ2n) is 8.42. The van der Waals surface area contributed by atoms with Crippen LogP contribution >= 0.6 is 0 Å². The number of allylic oxidation sites excluding steroid dienone is 1. The lowest BCUT2D eigenvalue weighted by molar-refractivity contribution is 0.289. The number of hydrogen-bond acceptors (Lipinski definition) is 2. The molecule has 0 amide bonds. The van der Waals surface area contributed by atoms with Crippen LogP contribution < -0.4 is 0 Å². The van der Waals surface area contributed by atoms with Crippen molar-refractivity contribution in [3.8, 4) is 0 Å².